The number of benzene rings is 2. The van der Waals surface area contributed by atoms with E-state index >= 15 is 0 Å². The second-order valence-electron chi connectivity index (χ2n) is 6.62. The summed E-state index contributed by atoms with van der Waals surface area (Å²) in [5.41, 5.74) is 3.85. The molecule has 0 spiro atoms. The summed E-state index contributed by atoms with van der Waals surface area (Å²) in [6.45, 7) is 5.39. The first-order chi connectivity index (χ1) is 12.0. The maximum Gasteiger partial charge on any atom is 0.254 e. The van der Waals surface area contributed by atoms with E-state index in [0.29, 0.717) is 24.7 Å². The number of nitrogens with one attached hydrogen (secondary N) is 1. The smallest absolute Gasteiger partial charge is 0.254 e. The number of nitrogens with zero attached hydrogens (tertiary/aromatic N) is 1. The molecule has 1 aliphatic heterocycles. The lowest BCUT2D eigenvalue weighted by Crippen LogP contribution is -2.34. The predicted octanol–water partition coefficient (Wildman–Crippen LogP) is 4.58. The second kappa shape index (κ2) is 7.51. The Bertz CT molecular complexity index is 781. The third-order valence-electron chi connectivity index (χ3n) is 4.28. The Morgan fingerprint density at radius 1 is 1.16 bits per heavy atom. The third-order valence-corrected chi connectivity index (χ3v) is 4.28. The highest BCUT2D eigenvalue weighted by Crippen LogP contribution is 2.24. The van der Waals surface area contributed by atoms with Crippen LogP contribution in [0.4, 0.5) is 10.1 Å². The number of hydrogen-bond donors (Lipinski definition) is 1. The average Bonchev–Trinajstić information content (AvgIpc) is 2.62. The quantitative estimate of drug-likeness (QED) is 0.885. The molecule has 2 aromatic rings. The molecule has 1 aliphatic rings. The van der Waals surface area contributed by atoms with E-state index in [2.05, 4.69) is 25.2 Å². The molecule has 1 heterocycles. The Morgan fingerprint density at radius 2 is 1.92 bits per heavy atom. The summed E-state index contributed by atoms with van der Waals surface area (Å²) in [6, 6.07) is 14.5. The Hall–Kier alpha value is -2.62. The van der Waals surface area contributed by atoms with Crippen LogP contribution >= 0.6 is 0 Å². The molecule has 1 N–H and O–H groups in total. The van der Waals surface area contributed by atoms with Crippen molar-refractivity contribution < 1.29 is 9.18 Å². The second-order valence-corrected chi connectivity index (χ2v) is 6.62. The zero-order valence-corrected chi connectivity index (χ0v) is 14.6. The molecular weight excluding hydrogens is 315 g/mol. The number of carbonyl (C=O) groups excluding carboxylic acids is 1. The summed E-state index contributed by atoms with van der Waals surface area (Å²) < 4.78 is 13.0. The van der Waals surface area contributed by atoms with Crippen molar-refractivity contribution in [3.63, 3.8) is 0 Å². The van der Waals surface area contributed by atoms with Crippen LogP contribution in [-0.2, 0) is 0 Å². The van der Waals surface area contributed by atoms with Crippen LogP contribution in [0.25, 0.3) is 5.57 Å². The minimum Gasteiger partial charge on any atom is -0.383 e. The molecule has 0 aromatic heterocycles. The molecule has 0 saturated carbocycles. The standard InChI is InChI=1S/C21H23FN2O/c1-15(2)23-20-5-3-4-18(14-20)21(25)24-12-10-17(11-13-24)16-6-8-19(22)9-7-16/h3-10,14-15,23H,11-13H2,1-2H3. The zero-order chi connectivity index (χ0) is 17.8. The number of hydrogen-bond acceptors (Lipinski definition) is 2. The molecule has 0 fully saturated rings. The monoisotopic (exact) mass is 338 g/mol. The molecule has 0 aliphatic carbocycles. The Labute approximate surface area is 148 Å². The predicted molar refractivity (Wildman–Crippen MR) is 100 cm³/mol. The molecule has 0 atom stereocenters. The maximum absolute atomic E-state index is 13.0. The van der Waals surface area contributed by atoms with Crippen molar-refractivity contribution in [1.29, 1.82) is 0 Å². The van der Waals surface area contributed by atoms with E-state index in [1.165, 1.54) is 17.7 Å². The topological polar surface area (TPSA) is 32.3 Å². The van der Waals surface area contributed by atoms with Crippen LogP contribution in [0.15, 0.2) is 54.6 Å². The van der Waals surface area contributed by atoms with Gasteiger partial charge in [0.2, 0.25) is 0 Å². The van der Waals surface area contributed by atoms with Gasteiger partial charge in [-0.05, 0) is 61.7 Å². The van der Waals surface area contributed by atoms with Gasteiger partial charge in [0.25, 0.3) is 5.91 Å². The van der Waals surface area contributed by atoms with E-state index in [1.54, 1.807) is 12.1 Å². The van der Waals surface area contributed by atoms with Gasteiger partial charge in [0.05, 0.1) is 0 Å². The minimum atomic E-state index is -0.230. The summed E-state index contributed by atoms with van der Waals surface area (Å²) in [4.78, 5) is 14.6. The van der Waals surface area contributed by atoms with Gasteiger partial charge in [-0.2, -0.15) is 0 Å². The summed E-state index contributed by atoms with van der Waals surface area (Å²) in [5.74, 6) is -0.186. The van der Waals surface area contributed by atoms with Crippen LogP contribution in [0.1, 0.15) is 36.2 Å². The van der Waals surface area contributed by atoms with Crippen molar-refractivity contribution in [3.05, 3.63) is 71.6 Å². The first-order valence-corrected chi connectivity index (χ1v) is 8.64. The fraction of sp³-hybridized carbons (Fsp3) is 0.286. The Morgan fingerprint density at radius 3 is 2.56 bits per heavy atom. The van der Waals surface area contributed by atoms with Crippen LogP contribution < -0.4 is 5.32 Å². The molecule has 0 radical (unpaired) electrons. The van der Waals surface area contributed by atoms with Crippen LogP contribution in [0.3, 0.4) is 0 Å². The summed E-state index contributed by atoms with van der Waals surface area (Å²) in [5, 5.41) is 3.32. The fourth-order valence-corrected chi connectivity index (χ4v) is 3.04. The van der Waals surface area contributed by atoms with E-state index < -0.39 is 0 Å². The first-order valence-electron chi connectivity index (χ1n) is 8.64. The molecule has 1 amide bonds. The van der Waals surface area contributed by atoms with Crippen molar-refractivity contribution in [2.45, 2.75) is 26.3 Å². The van der Waals surface area contributed by atoms with Gasteiger partial charge in [-0.3, -0.25) is 4.79 Å². The van der Waals surface area contributed by atoms with Crippen molar-refractivity contribution in [1.82, 2.24) is 4.90 Å². The van der Waals surface area contributed by atoms with Gasteiger partial charge in [0.1, 0.15) is 5.82 Å². The molecule has 0 saturated heterocycles. The molecule has 0 unspecified atom stereocenters. The average molecular weight is 338 g/mol. The van der Waals surface area contributed by atoms with E-state index in [0.717, 1.165) is 17.7 Å². The molecule has 3 nitrogen and oxygen atoms in total. The number of halogens is 1. The Kier molecular flexibility index (Phi) is 5.17. The largest absolute Gasteiger partial charge is 0.383 e. The molecular formula is C21H23FN2O. The van der Waals surface area contributed by atoms with Crippen molar-refractivity contribution in [3.8, 4) is 0 Å². The Balaban J connectivity index is 1.70. The third kappa shape index (κ3) is 4.27. The molecule has 130 valence electrons. The zero-order valence-electron chi connectivity index (χ0n) is 14.6. The molecule has 25 heavy (non-hydrogen) atoms. The van der Waals surface area contributed by atoms with Crippen molar-refractivity contribution in [2.75, 3.05) is 18.4 Å². The number of amides is 1. The van der Waals surface area contributed by atoms with Gasteiger partial charge in [-0.25, -0.2) is 4.39 Å². The van der Waals surface area contributed by atoms with Gasteiger partial charge in [0, 0.05) is 30.4 Å². The van der Waals surface area contributed by atoms with Gasteiger partial charge in [-0.1, -0.05) is 24.3 Å². The van der Waals surface area contributed by atoms with E-state index in [-0.39, 0.29) is 11.7 Å². The SMILES string of the molecule is CC(C)Nc1cccc(C(=O)N2CC=C(c3ccc(F)cc3)CC2)c1. The lowest BCUT2D eigenvalue weighted by molar-refractivity contribution is 0.0773. The van der Waals surface area contributed by atoms with Gasteiger partial charge in [-0.15, -0.1) is 0 Å². The normalized spacial score (nSPS) is 14.4. The molecule has 0 bridgehead atoms. The molecule has 3 rings (SSSR count). The molecule has 4 heteroatoms. The lowest BCUT2D eigenvalue weighted by Gasteiger charge is -2.27. The van der Waals surface area contributed by atoms with Crippen LogP contribution in [-0.4, -0.2) is 29.9 Å². The summed E-state index contributed by atoms with van der Waals surface area (Å²) >= 11 is 0. The highest BCUT2D eigenvalue weighted by atomic mass is 19.1. The molecule has 2 aromatic carbocycles. The fourth-order valence-electron chi connectivity index (χ4n) is 3.04. The van der Waals surface area contributed by atoms with Gasteiger partial charge >= 0.3 is 0 Å². The van der Waals surface area contributed by atoms with Crippen LogP contribution in [0.2, 0.25) is 0 Å². The van der Waals surface area contributed by atoms with Crippen molar-refractivity contribution in [2.24, 2.45) is 0 Å². The highest BCUT2D eigenvalue weighted by Gasteiger charge is 2.19. The van der Waals surface area contributed by atoms with E-state index in [4.69, 9.17) is 0 Å². The summed E-state index contributed by atoms with van der Waals surface area (Å²) in [7, 11) is 0. The lowest BCUT2D eigenvalue weighted by atomic mass is 9.99. The number of anilines is 1. The van der Waals surface area contributed by atoms with Gasteiger partial charge < -0.3 is 10.2 Å². The maximum atomic E-state index is 13.0. The number of rotatable bonds is 4. The van der Waals surface area contributed by atoms with E-state index in [1.807, 2.05) is 29.2 Å². The minimum absolute atomic E-state index is 0.0433. The highest BCUT2D eigenvalue weighted by molar-refractivity contribution is 5.95. The van der Waals surface area contributed by atoms with Crippen LogP contribution in [0.5, 0.6) is 0 Å². The van der Waals surface area contributed by atoms with Crippen molar-refractivity contribution >= 4 is 17.2 Å². The van der Waals surface area contributed by atoms with E-state index in [9.17, 15) is 9.18 Å². The summed E-state index contributed by atoms with van der Waals surface area (Å²) in [6.07, 6.45) is 2.84. The first kappa shape index (κ1) is 17.2. The number of carbonyl (C=O) groups is 1. The van der Waals surface area contributed by atoms with Gasteiger partial charge in [0.15, 0.2) is 0 Å². The van der Waals surface area contributed by atoms with Crippen LogP contribution in [0, 0.1) is 5.82 Å².